The fraction of sp³-hybridized carbons (Fsp3) is 0.455. The first-order valence-corrected chi connectivity index (χ1v) is 9.89. The highest BCUT2D eigenvalue weighted by Gasteiger charge is 2.30. The van der Waals surface area contributed by atoms with E-state index in [0.717, 1.165) is 5.76 Å². The number of hydrogen-bond donors (Lipinski definition) is 2. The van der Waals surface area contributed by atoms with Crippen LogP contribution in [0.15, 0.2) is 47.1 Å². The van der Waals surface area contributed by atoms with E-state index in [1.165, 1.54) is 0 Å². The van der Waals surface area contributed by atoms with Crippen molar-refractivity contribution in [3.8, 4) is 5.75 Å². The van der Waals surface area contributed by atoms with E-state index in [9.17, 15) is 9.59 Å². The van der Waals surface area contributed by atoms with Crippen molar-refractivity contribution in [2.24, 2.45) is 11.8 Å². The number of carbonyl (C=O) groups excluding carboxylic acids is 2. The number of ether oxygens (including phenoxy) is 1. The zero-order valence-corrected chi connectivity index (χ0v) is 16.4. The third-order valence-electron chi connectivity index (χ3n) is 4.99. The lowest BCUT2D eigenvalue weighted by Crippen LogP contribution is -2.35. The van der Waals surface area contributed by atoms with Gasteiger partial charge in [-0.05, 0) is 63.8 Å². The fourth-order valence-corrected chi connectivity index (χ4v) is 3.51. The Kier molecular flexibility index (Phi) is 6.74. The Morgan fingerprint density at radius 2 is 1.71 bits per heavy atom. The number of nitrogens with one attached hydrogen (secondary N) is 2. The quantitative estimate of drug-likeness (QED) is 0.752. The lowest BCUT2D eigenvalue weighted by atomic mass is 9.81. The van der Waals surface area contributed by atoms with E-state index in [4.69, 9.17) is 9.15 Å². The van der Waals surface area contributed by atoms with E-state index in [1.807, 2.05) is 44.2 Å². The smallest absolute Gasteiger partial charge is 0.227 e. The van der Waals surface area contributed by atoms with Gasteiger partial charge in [-0.15, -0.1) is 0 Å². The topological polar surface area (TPSA) is 80.6 Å². The van der Waals surface area contributed by atoms with Gasteiger partial charge in [0.05, 0.1) is 24.6 Å². The van der Waals surface area contributed by atoms with Crippen LogP contribution in [-0.2, 0) is 16.1 Å². The minimum atomic E-state index is -0.0822. The van der Waals surface area contributed by atoms with Gasteiger partial charge < -0.3 is 19.8 Å². The van der Waals surface area contributed by atoms with Crippen molar-refractivity contribution >= 4 is 17.5 Å². The van der Waals surface area contributed by atoms with Crippen molar-refractivity contribution in [2.45, 2.75) is 52.2 Å². The summed E-state index contributed by atoms with van der Waals surface area (Å²) >= 11 is 0. The summed E-state index contributed by atoms with van der Waals surface area (Å²) in [5, 5.41) is 5.91. The Balaban J connectivity index is 1.48. The Bertz CT molecular complexity index is 778. The normalized spacial score (nSPS) is 19.2. The predicted octanol–water partition coefficient (Wildman–Crippen LogP) is 4.13. The maximum Gasteiger partial charge on any atom is 0.227 e. The van der Waals surface area contributed by atoms with Crippen LogP contribution in [0.3, 0.4) is 0 Å². The lowest BCUT2D eigenvalue weighted by Gasteiger charge is -2.27. The van der Waals surface area contributed by atoms with Crippen LogP contribution in [0.4, 0.5) is 5.69 Å². The molecule has 6 nitrogen and oxygen atoms in total. The molecule has 1 aliphatic rings. The SMILES string of the molecule is CC(C)Oc1ccccc1NC(=O)C1CCC(C(=O)NCc2ccco2)CC1. The van der Waals surface area contributed by atoms with Gasteiger partial charge in [0, 0.05) is 11.8 Å². The average molecular weight is 384 g/mol. The monoisotopic (exact) mass is 384 g/mol. The minimum absolute atomic E-state index is 0.00532. The van der Waals surface area contributed by atoms with E-state index >= 15 is 0 Å². The zero-order valence-electron chi connectivity index (χ0n) is 16.4. The average Bonchev–Trinajstić information content (AvgIpc) is 3.21. The fourth-order valence-electron chi connectivity index (χ4n) is 3.51. The molecule has 1 heterocycles. The zero-order chi connectivity index (χ0) is 19.9. The molecule has 2 N–H and O–H groups in total. The van der Waals surface area contributed by atoms with Crippen molar-refractivity contribution in [1.82, 2.24) is 5.32 Å². The van der Waals surface area contributed by atoms with Gasteiger partial charge in [0.15, 0.2) is 0 Å². The van der Waals surface area contributed by atoms with Crippen LogP contribution in [0.25, 0.3) is 0 Å². The van der Waals surface area contributed by atoms with Crippen molar-refractivity contribution < 1.29 is 18.7 Å². The molecular weight excluding hydrogens is 356 g/mol. The number of anilines is 1. The number of amides is 2. The molecule has 0 unspecified atom stereocenters. The number of para-hydroxylation sites is 2. The molecule has 2 aromatic rings. The third-order valence-corrected chi connectivity index (χ3v) is 4.99. The molecule has 1 saturated carbocycles. The molecule has 1 aromatic carbocycles. The third kappa shape index (κ3) is 5.38. The predicted molar refractivity (Wildman–Crippen MR) is 107 cm³/mol. The van der Waals surface area contributed by atoms with Gasteiger partial charge in [0.2, 0.25) is 11.8 Å². The van der Waals surface area contributed by atoms with Crippen LogP contribution in [0.5, 0.6) is 5.75 Å². The molecule has 28 heavy (non-hydrogen) atoms. The number of rotatable bonds is 7. The highest BCUT2D eigenvalue weighted by atomic mass is 16.5. The van der Waals surface area contributed by atoms with Crippen LogP contribution in [-0.4, -0.2) is 17.9 Å². The van der Waals surface area contributed by atoms with Crippen LogP contribution in [0, 0.1) is 11.8 Å². The maximum absolute atomic E-state index is 12.7. The second-order valence-corrected chi connectivity index (χ2v) is 7.50. The van der Waals surface area contributed by atoms with E-state index in [-0.39, 0.29) is 29.8 Å². The van der Waals surface area contributed by atoms with Gasteiger partial charge >= 0.3 is 0 Å². The summed E-state index contributed by atoms with van der Waals surface area (Å²) in [6.45, 7) is 4.31. The van der Waals surface area contributed by atoms with Gasteiger partial charge in [0.25, 0.3) is 0 Å². The number of furan rings is 1. The minimum Gasteiger partial charge on any atom is -0.489 e. The number of hydrogen-bond acceptors (Lipinski definition) is 4. The molecule has 6 heteroatoms. The van der Waals surface area contributed by atoms with Crippen LogP contribution < -0.4 is 15.4 Å². The molecule has 1 aliphatic carbocycles. The Morgan fingerprint density at radius 1 is 1.04 bits per heavy atom. The first-order valence-electron chi connectivity index (χ1n) is 9.89. The first-order chi connectivity index (χ1) is 13.5. The summed E-state index contributed by atoms with van der Waals surface area (Å²) in [7, 11) is 0. The van der Waals surface area contributed by atoms with Gasteiger partial charge in [-0.25, -0.2) is 0 Å². The molecule has 0 saturated heterocycles. The Morgan fingerprint density at radius 3 is 2.36 bits per heavy atom. The second-order valence-electron chi connectivity index (χ2n) is 7.50. The number of benzene rings is 1. The second kappa shape index (κ2) is 9.44. The van der Waals surface area contributed by atoms with E-state index in [1.54, 1.807) is 12.3 Å². The van der Waals surface area contributed by atoms with E-state index in [0.29, 0.717) is 43.7 Å². The molecule has 0 atom stereocenters. The van der Waals surface area contributed by atoms with Gasteiger partial charge in [-0.1, -0.05) is 12.1 Å². The molecule has 0 bridgehead atoms. The summed E-state index contributed by atoms with van der Waals surface area (Å²) in [4.78, 5) is 25.0. The Hall–Kier alpha value is -2.76. The van der Waals surface area contributed by atoms with Gasteiger partial charge in [-0.3, -0.25) is 9.59 Å². The highest BCUT2D eigenvalue weighted by Crippen LogP contribution is 2.31. The van der Waals surface area contributed by atoms with Crippen molar-refractivity contribution in [3.63, 3.8) is 0 Å². The van der Waals surface area contributed by atoms with Crippen molar-refractivity contribution in [1.29, 1.82) is 0 Å². The Labute approximate surface area is 165 Å². The largest absolute Gasteiger partial charge is 0.489 e. The van der Waals surface area contributed by atoms with Gasteiger partial charge in [-0.2, -0.15) is 0 Å². The molecule has 1 fully saturated rings. The summed E-state index contributed by atoms with van der Waals surface area (Å²) in [5.74, 6) is 1.32. The molecule has 3 rings (SSSR count). The lowest BCUT2D eigenvalue weighted by molar-refractivity contribution is -0.128. The number of carbonyl (C=O) groups is 2. The van der Waals surface area contributed by atoms with Gasteiger partial charge in [0.1, 0.15) is 11.5 Å². The first kappa shape index (κ1) is 20.0. The van der Waals surface area contributed by atoms with E-state index in [2.05, 4.69) is 10.6 Å². The highest BCUT2D eigenvalue weighted by molar-refractivity contribution is 5.94. The van der Waals surface area contributed by atoms with E-state index < -0.39 is 0 Å². The standard InChI is InChI=1S/C22H28N2O4/c1-15(2)28-20-8-4-3-7-19(20)24-22(26)17-11-9-16(10-12-17)21(25)23-14-18-6-5-13-27-18/h3-8,13,15-17H,9-12,14H2,1-2H3,(H,23,25)(H,24,26). The van der Waals surface area contributed by atoms with Crippen LogP contribution in [0.2, 0.25) is 0 Å². The van der Waals surface area contributed by atoms with Crippen LogP contribution in [0.1, 0.15) is 45.3 Å². The van der Waals surface area contributed by atoms with Crippen molar-refractivity contribution in [3.05, 3.63) is 48.4 Å². The molecule has 1 aromatic heterocycles. The summed E-state index contributed by atoms with van der Waals surface area (Å²) in [5.41, 5.74) is 0.694. The summed E-state index contributed by atoms with van der Waals surface area (Å²) in [6.07, 6.45) is 4.47. The molecule has 0 aliphatic heterocycles. The summed E-state index contributed by atoms with van der Waals surface area (Å²) in [6, 6.07) is 11.1. The molecular formula is C22H28N2O4. The van der Waals surface area contributed by atoms with Crippen molar-refractivity contribution in [2.75, 3.05) is 5.32 Å². The summed E-state index contributed by atoms with van der Waals surface area (Å²) < 4.78 is 11.0. The molecule has 150 valence electrons. The maximum atomic E-state index is 12.7. The molecule has 0 radical (unpaired) electrons. The van der Waals surface area contributed by atoms with Crippen LogP contribution >= 0.6 is 0 Å². The molecule has 0 spiro atoms. The molecule has 2 amide bonds.